The molecule has 3 aromatic rings. The summed E-state index contributed by atoms with van der Waals surface area (Å²) in [5.74, 6) is -0.692. The molecule has 0 saturated carbocycles. The molecule has 0 bridgehead atoms. The molecule has 0 radical (unpaired) electrons. The molecule has 0 fully saturated rings. The molecule has 6 heteroatoms. The van der Waals surface area contributed by atoms with Gasteiger partial charge in [0.05, 0.1) is 12.8 Å². The van der Waals surface area contributed by atoms with Crippen LogP contribution in [0.1, 0.15) is 0 Å². The van der Waals surface area contributed by atoms with Crippen LogP contribution in [-0.4, -0.2) is 17.3 Å². The minimum absolute atomic E-state index is 0.0757. The van der Waals surface area contributed by atoms with E-state index in [1.54, 1.807) is 13.2 Å². The molecule has 0 saturated heterocycles. The maximum Gasteiger partial charge on any atom is 0.239 e. The monoisotopic (exact) mass is 314 g/mol. The van der Waals surface area contributed by atoms with Gasteiger partial charge in [0, 0.05) is 17.7 Å². The quantitative estimate of drug-likeness (QED) is 0.723. The van der Waals surface area contributed by atoms with E-state index in [9.17, 15) is 8.78 Å². The summed E-state index contributed by atoms with van der Waals surface area (Å²) in [6, 6.07) is 13.5. The van der Waals surface area contributed by atoms with Crippen molar-refractivity contribution in [3.05, 3.63) is 66.2 Å². The molecule has 0 aliphatic carbocycles. The molecule has 0 aliphatic heterocycles. The minimum atomic E-state index is -0.674. The Morgan fingerprint density at radius 2 is 1.65 bits per heavy atom. The van der Waals surface area contributed by atoms with Crippen molar-refractivity contribution in [1.29, 1.82) is 0 Å². The molecule has 1 heterocycles. The van der Waals surface area contributed by atoms with Crippen molar-refractivity contribution in [2.75, 3.05) is 7.11 Å². The van der Waals surface area contributed by atoms with Gasteiger partial charge in [-0.2, -0.15) is 0 Å². The van der Waals surface area contributed by atoms with Crippen LogP contribution in [0.3, 0.4) is 0 Å². The molecule has 2 aromatic carbocycles. The van der Waals surface area contributed by atoms with Gasteiger partial charge in [-0.3, -0.25) is 0 Å². The number of halogens is 2. The van der Waals surface area contributed by atoms with Gasteiger partial charge in [-0.15, -0.1) is 10.2 Å². The largest absolute Gasteiger partial charge is 0.497 e. The highest BCUT2D eigenvalue weighted by Gasteiger charge is 2.08. The molecule has 3 rings (SSSR count). The Balaban J connectivity index is 1.80. The summed E-state index contributed by atoms with van der Waals surface area (Å²) < 4.78 is 36.9. The normalized spacial score (nSPS) is 10.4. The zero-order valence-electron chi connectivity index (χ0n) is 12.2. The Morgan fingerprint density at radius 1 is 0.870 bits per heavy atom. The summed E-state index contributed by atoms with van der Waals surface area (Å²) in [6.45, 7) is 0. The summed E-state index contributed by atoms with van der Waals surface area (Å²) in [4.78, 5) is 0. The number of ether oxygens (including phenoxy) is 2. The molecular weight excluding hydrogens is 302 g/mol. The lowest BCUT2D eigenvalue weighted by Crippen LogP contribution is -1.95. The van der Waals surface area contributed by atoms with Crippen molar-refractivity contribution in [2.24, 2.45) is 0 Å². The number of hydrogen-bond acceptors (Lipinski definition) is 4. The first kappa shape index (κ1) is 14.9. The van der Waals surface area contributed by atoms with E-state index in [1.165, 1.54) is 6.07 Å². The second-order valence-corrected chi connectivity index (χ2v) is 4.66. The summed E-state index contributed by atoms with van der Waals surface area (Å²) >= 11 is 0. The van der Waals surface area contributed by atoms with E-state index in [1.807, 2.05) is 24.3 Å². The van der Waals surface area contributed by atoms with Crippen molar-refractivity contribution in [3.8, 4) is 28.6 Å². The van der Waals surface area contributed by atoms with Crippen LogP contribution in [0.25, 0.3) is 11.3 Å². The lowest BCUT2D eigenvalue weighted by atomic mass is 10.1. The maximum atomic E-state index is 13.5. The van der Waals surface area contributed by atoms with Crippen LogP contribution in [0, 0.1) is 11.6 Å². The van der Waals surface area contributed by atoms with E-state index in [0.29, 0.717) is 5.69 Å². The summed E-state index contributed by atoms with van der Waals surface area (Å²) in [6.07, 6.45) is 0. The van der Waals surface area contributed by atoms with Crippen LogP contribution < -0.4 is 9.47 Å². The third kappa shape index (κ3) is 3.42. The third-order valence-electron chi connectivity index (χ3n) is 3.13. The van der Waals surface area contributed by atoms with Gasteiger partial charge in [0.2, 0.25) is 5.88 Å². The fourth-order valence-corrected chi connectivity index (χ4v) is 1.96. The van der Waals surface area contributed by atoms with E-state index in [0.717, 1.165) is 29.5 Å². The first-order valence-corrected chi connectivity index (χ1v) is 6.77. The predicted octanol–water partition coefficient (Wildman–Crippen LogP) is 4.22. The highest BCUT2D eigenvalue weighted by molar-refractivity contribution is 5.59. The standard InChI is InChI=1S/C17H12F2N2O2/c1-22-13-5-2-11(3-6-13)15-8-9-17(21-20-15)23-16-10-12(18)4-7-14(16)19/h2-10H,1H3. The first-order chi connectivity index (χ1) is 11.2. The third-order valence-corrected chi connectivity index (χ3v) is 3.13. The van der Waals surface area contributed by atoms with E-state index >= 15 is 0 Å². The van der Waals surface area contributed by atoms with E-state index < -0.39 is 11.6 Å². The minimum Gasteiger partial charge on any atom is -0.497 e. The molecule has 4 nitrogen and oxygen atoms in total. The zero-order chi connectivity index (χ0) is 16.2. The molecular formula is C17H12F2N2O2. The average molecular weight is 314 g/mol. The second kappa shape index (κ2) is 6.39. The Kier molecular flexibility index (Phi) is 4.14. The fraction of sp³-hybridized carbons (Fsp3) is 0.0588. The van der Waals surface area contributed by atoms with Gasteiger partial charge >= 0.3 is 0 Å². The van der Waals surface area contributed by atoms with Gasteiger partial charge in [0.25, 0.3) is 0 Å². The maximum absolute atomic E-state index is 13.5. The Morgan fingerprint density at radius 3 is 2.30 bits per heavy atom. The first-order valence-electron chi connectivity index (χ1n) is 6.77. The number of nitrogens with zero attached hydrogens (tertiary/aromatic N) is 2. The molecule has 116 valence electrons. The molecule has 0 spiro atoms. The summed E-state index contributed by atoms with van der Waals surface area (Å²) in [5.41, 5.74) is 1.47. The number of methoxy groups -OCH3 is 1. The van der Waals surface area contributed by atoms with Crippen molar-refractivity contribution in [2.45, 2.75) is 0 Å². The lowest BCUT2D eigenvalue weighted by molar-refractivity contribution is 0.414. The predicted molar refractivity (Wildman–Crippen MR) is 80.5 cm³/mol. The van der Waals surface area contributed by atoms with Crippen molar-refractivity contribution < 1.29 is 18.3 Å². The van der Waals surface area contributed by atoms with Crippen molar-refractivity contribution in [1.82, 2.24) is 10.2 Å². The Bertz CT molecular complexity index is 806. The van der Waals surface area contributed by atoms with Gasteiger partial charge in [0.1, 0.15) is 11.6 Å². The number of rotatable bonds is 4. The number of benzene rings is 2. The second-order valence-electron chi connectivity index (χ2n) is 4.66. The SMILES string of the molecule is COc1ccc(-c2ccc(Oc3cc(F)ccc3F)nn2)cc1. The Labute approximate surface area is 131 Å². The van der Waals surface area contributed by atoms with Gasteiger partial charge in [-0.05, 0) is 42.5 Å². The van der Waals surface area contributed by atoms with Gasteiger partial charge in [-0.25, -0.2) is 8.78 Å². The van der Waals surface area contributed by atoms with Crippen molar-refractivity contribution >= 4 is 0 Å². The molecule has 0 unspecified atom stereocenters. The van der Waals surface area contributed by atoms with Gasteiger partial charge < -0.3 is 9.47 Å². The average Bonchev–Trinajstić information content (AvgIpc) is 2.59. The summed E-state index contributed by atoms with van der Waals surface area (Å²) in [5, 5.41) is 7.89. The highest BCUT2D eigenvalue weighted by Crippen LogP contribution is 2.25. The van der Waals surface area contributed by atoms with Crippen LogP contribution in [0.4, 0.5) is 8.78 Å². The van der Waals surface area contributed by atoms with E-state index in [-0.39, 0.29) is 11.6 Å². The molecule has 23 heavy (non-hydrogen) atoms. The Hall–Kier alpha value is -3.02. The number of aromatic nitrogens is 2. The van der Waals surface area contributed by atoms with Crippen LogP contribution in [-0.2, 0) is 0 Å². The van der Waals surface area contributed by atoms with Gasteiger partial charge in [0.15, 0.2) is 11.6 Å². The molecule has 0 aliphatic rings. The molecule has 0 amide bonds. The molecule has 0 atom stereocenters. The molecule has 1 aromatic heterocycles. The molecule has 0 N–H and O–H groups in total. The van der Waals surface area contributed by atoms with Crippen LogP contribution >= 0.6 is 0 Å². The highest BCUT2D eigenvalue weighted by atomic mass is 19.1. The van der Waals surface area contributed by atoms with E-state index in [4.69, 9.17) is 9.47 Å². The number of hydrogen-bond donors (Lipinski definition) is 0. The summed E-state index contributed by atoms with van der Waals surface area (Å²) in [7, 11) is 1.59. The lowest BCUT2D eigenvalue weighted by Gasteiger charge is -2.06. The fourth-order valence-electron chi connectivity index (χ4n) is 1.96. The smallest absolute Gasteiger partial charge is 0.239 e. The van der Waals surface area contributed by atoms with Gasteiger partial charge in [-0.1, -0.05) is 0 Å². The van der Waals surface area contributed by atoms with Crippen LogP contribution in [0.5, 0.6) is 17.4 Å². The zero-order valence-corrected chi connectivity index (χ0v) is 12.2. The van der Waals surface area contributed by atoms with Crippen molar-refractivity contribution in [3.63, 3.8) is 0 Å². The van der Waals surface area contributed by atoms with Crippen LogP contribution in [0.15, 0.2) is 54.6 Å². The van der Waals surface area contributed by atoms with E-state index in [2.05, 4.69) is 10.2 Å². The van der Waals surface area contributed by atoms with Crippen LogP contribution in [0.2, 0.25) is 0 Å². The topological polar surface area (TPSA) is 44.2 Å².